The van der Waals surface area contributed by atoms with Gasteiger partial charge in [-0.2, -0.15) is 0 Å². The molecule has 17 heavy (non-hydrogen) atoms. The summed E-state index contributed by atoms with van der Waals surface area (Å²) < 4.78 is 25.7. The average Bonchev–Trinajstić information content (AvgIpc) is 3.03. The Morgan fingerprint density at radius 3 is 2.35 bits per heavy atom. The summed E-state index contributed by atoms with van der Waals surface area (Å²) in [5.41, 5.74) is 0. The zero-order chi connectivity index (χ0) is 13.3. The molecule has 1 N–H and O–H groups in total. The van der Waals surface area contributed by atoms with Crippen LogP contribution in [0.2, 0.25) is 0 Å². The number of epoxide rings is 1. The van der Waals surface area contributed by atoms with Gasteiger partial charge in [-0.25, -0.2) is 0 Å². The SMILES string of the molecule is CCP(C)(=O)CC(O)COC.COCC1CO1. The Balaban J connectivity index is 0.000000354. The number of hydrogen-bond donors (Lipinski definition) is 1. The van der Waals surface area contributed by atoms with E-state index in [9.17, 15) is 9.67 Å². The van der Waals surface area contributed by atoms with Crippen molar-refractivity contribution in [2.75, 3.05) is 53.0 Å². The Labute approximate surface area is 104 Å². The minimum atomic E-state index is -2.09. The van der Waals surface area contributed by atoms with Gasteiger partial charge < -0.3 is 23.9 Å². The van der Waals surface area contributed by atoms with Crippen molar-refractivity contribution in [1.82, 2.24) is 0 Å². The van der Waals surface area contributed by atoms with Crippen LogP contribution in [0.3, 0.4) is 0 Å². The van der Waals surface area contributed by atoms with Crippen molar-refractivity contribution < 1.29 is 23.9 Å². The van der Waals surface area contributed by atoms with Crippen LogP contribution >= 0.6 is 7.14 Å². The molecule has 5 nitrogen and oxygen atoms in total. The largest absolute Gasteiger partial charge is 0.390 e. The third kappa shape index (κ3) is 10.9. The third-order valence-electron chi connectivity index (χ3n) is 2.38. The summed E-state index contributed by atoms with van der Waals surface area (Å²) in [7, 11) is 1.12. The van der Waals surface area contributed by atoms with E-state index in [1.165, 1.54) is 7.11 Å². The van der Waals surface area contributed by atoms with Crippen LogP contribution in [0.4, 0.5) is 0 Å². The zero-order valence-corrected chi connectivity index (χ0v) is 12.1. The molecule has 3 unspecified atom stereocenters. The molecule has 0 aliphatic carbocycles. The lowest BCUT2D eigenvalue weighted by Gasteiger charge is -2.14. The van der Waals surface area contributed by atoms with Crippen molar-refractivity contribution in [3.8, 4) is 0 Å². The van der Waals surface area contributed by atoms with Crippen LogP contribution in [-0.2, 0) is 18.8 Å². The topological polar surface area (TPSA) is 68.3 Å². The van der Waals surface area contributed by atoms with Gasteiger partial charge in [-0.3, -0.25) is 0 Å². The van der Waals surface area contributed by atoms with Crippen LogP contribution in [0.1, 0.15) is 6.92 Å². The standard InChI is InChI=1S/C7H17O3P.C4H8O2/c1-4-11(3,9)6-7(8)5-10-2;1-5-2-4-3-6-4/h7-8H,4-6H2,1-3H3;4H,2-3H2,1H3. The van der Waals surface area contributed by atoms with Crippen LogP contribution in [0.5, 0.6) is 0 Å². The summed E-state index contributed by atoms with van der Waals surface area (Å²) in [5, 5.41) is 9.22. The monoisotopic (exact) mass is 268 g/mol. The molecule has 0 aromatic heterocycles. The molecule has 0 amide bonds. The average molecular weight is 268 g/mol. The molecule has 6 heteroatoms. The normalized spacial score (nSPS) is 23.2. The van der Waals surface area contributed by atoms with Crippen molar-refractivity contribution in [3.05, 3.63) is 0 Å². The molecule has 1 heterocycles. The molecule has 3 atom stereocenters. The second kappa shape index (κ2) is 9.06. The second-order valence-corrected chi connectivity index (χ2v) is 7.91. The maximum Gasteiger partial charge on any atom is 0.104 e. The van der Waals surface area contributed by atoms with Gasteiger partial charge >= 0.3 is 0 Å². The number of hydrogen-bond acceptors (Lipinski definition) is 5. The molecule has 1 saturated heterocycles. The fourth-order valence-electron chi connectivity index (χ4n) is 1.17. The highest BCUT2D eigenvalue weighted by Crippen LogP contribution is 2.40. The van der Waals surface area contributed by atoms with Gasteiger partial charge in [-0.1, -0.05) is 6.92 Å². The molecular formula is C11H25O5P. The van der Waals surface area contributed by atoms with E-state index in [0.29, 0.717) is 18.4 Å². The molecule has 0 saturated carbocycles. The fourth-order valence-corrected chi connectivity index (χ4v) is 2.43. The van der Waals surface area contributed by atoms with E-state index in [1.807, 2.05) is 6.92 Å². The lowest BCUT2D eigenvalue weighted by atomic mass is 10.4. The highest BCUT2D eigenvalue weighted by Gasteiger charge is 2.21. The summed E-state index contributed by atoms with van der Waals surface area (Å²) in [6.07, 6.45) is 0.872. The Morgan fingerprint density at radius 2 is 2.06 bits per heavy atom. The molecule has 1 aliphatic rings. The minimum absolute atomic E-state index is 0.276. The lowest BCUT2D eigenvalue weighted by Crippen LogP contribution is -2.19. The van der Waals surface area contributed by atoms with Crippen LogP contribution < -0.4 is 0 Å². The van der Waals surface area contributed by atoms with E-state index in [1.54, 1.807) is 13.8 Å². The fraction of sp³-hybridized carbons (Fsp3) is 1.00. The third-order valence-corrected chi connectivity index (χ3v) is 4.91. The summed E-state index contributed by atoms with van der Waals surface area (Å²) in [6, 6.07) is 0. The summed E-state index contributed by atoms with van der Waals surface area (Å²) >= 11 is 0. The van der Waals surface area contributed by atoms with E-state index in [2.05, 4.69) is 0 Å². The Bertz CT molecular complexity index is 230. The van der Waals surface area contributed by atoms with Gasteiger partial charge in [-0.05, 0) is 12.8 Å². The van der Waals surface area contributed by atoms with Gasteiger partial charge in [0.05, 0.1) is 33.1 Å². The molecule has 1 fully saturated rings. The minimum Gasteiger partial charge on any atom is -0.390 e. The van der Waals surface area contributed by atoms with Crippen molar-refractivity contribution in [3.63, 3.8) is 0 Å². The quantitative estimate of drug-likeness (QED) is 0.552. The van der Waals surface area contributed by atoms with Crippen LogP contribution in [0, 0.1) is 0 Å². The smallest absolute Gasteiger partial charge is 0.104 e. The molecule has 1 aliphatic heterocycles. The summed E-state index contributed by atoms with van der Waals surface area (Å²) in [6.45, 7) is 5.53. The molecule has 0 spiro atoms. The van der Waals surface area contributed by atoms with Gasteiger partial charge in [-0.15, -0.1) is 0 Å². The Hall–Kier alpha value is 0.0700. The van der Waals surface area contributed by atoms with E-state index < -0.39 is 13.2 Å². The molecule has 0 aromatic carbocycles. The van der Waals surface area contributed by atoms with Gasteiger partial charge in [0.1, 0.15) is 6.10 Å². The lowest BCUT2D eigenvalue weighted by molar-refractivity contribution is 0.0781. The van der Waals surface area contributed by atoms with Gasteiger partial charge in [0, 0.05) is 20.4 Å². The number of methoxy groups -OCH3 is 2. The highest BCUT2D eigenvalue weighted by atomic mass is 31.2. The molecule has 104 valence electrons. The first-order chi connectivity index (χ1) is 7.95. The first-order valence-corrected chi connectivity index (χ1v) is 8.30. The van der Waals surface area contributed by atoms with E-state index in [0.717, 1.165) is 13.2 Å². The van der Waals surface area contributed by atoms with Crippen LogP contribution in [-0.4, -0.2) is 70.3 Å². The van der Waals surface area contributed by atoms with Crippen molar-refractivity contribution >= 4 is 7.14 Å². The summed E-state index contributed by atoms with van der Waals surface area (Å²) in [5.74, 6) is 0. The molecule has 0 radical (unpaired) electrons. The van der Waals surface area contributed by atoms with Crippen LogP contribution in [0.25, 0.3) is 0 Å². The van der Waals surface area contributed by atoms with E-state index in [4.69, 9.17) is 14.2 Å². The number of aliphatic hydroxyl groups is 1. The summed E-state index contributed by atoms with van der Waals surface area (Å²) in [4.78, 5) is 0. The van der Waals surface area contributed by atoms with Gasteiger partial charge in [0.2, 0.25) is 0 Å². The van der Waals surface area contributed by atoms with E-state index >= 15 is 0 Å². The highest BCUT2D eigenvalue weighted by molar-refractivity contribution is 7.63. The van der Waals surface area contributed by atoms with Crippen molar-refractivity contribution in [2.24, 2.45) is 0 Å². The molecule has 1 rings (SSSR count). The second-order valence-electron chi connectivity index (χ2n) is 4.32. The number of ether oxygens (including phenoxy) is 3. The molecular weight excluding hydrogens is 243 g/mol. The first kappa shape index (κ1) is 17.1. The van der Waals surface area contributed by atoms with Gasteiger partial charge in [0.15, 0.2) is 0 Å². The maximum atomic E-state index is 11.5. The van der Waals surface area contributed by atoms with Crippen LogP contribution in [0.15, 0.2) is 0 Å². The zero-order valence-electron chi connectivity index (χ0n) is 11.2. The Morgan fingerprint density at radius 1 is 1.47 bits per heavy atom. The molecule has 0 aromatic rings. The molecule has 0 bridgehead atoms. The Kier molecular flexibility index (Phi) is 9.10. The first-order valence-electron chi connectivity index (χ1n) is 5.78. The number of rotatable bonds is 7. The number of aliphatic hydroxyl groups excluding tert-OH is 1. The van der Waals surface area contributed by atoms with Crippen molar-refractivity contribution in [1.29, 1.82) is 0 Å². The van der Waals surface area contributed by atoms with Crippen molar-refractivity contribution in [2.45, 2.75) is 19.1 Å². The maximum absolute atomic E-state index is 11.5. The van der Waals surface area contributed by atoms with Gasteiger partial charge in [0.25, 0.3) is 0 Å². The van der Waals surface area contributed by atoms with E-state index in [-0.39, 0.29) is 6.61 Å². The predicted octanol–water partition coefficient (Wildman–Crippen LogP) is 1.04. The predicted molar refractivity (Wildman–Crippen MR) is 68.4 cm³/mol.